The molecule has 0 aliphatic carbocycles. The van der Waals surface area contributed by atoms with E-state index in [4.69, 9.17) is 19.4 Å². The molecule has 0 N–H and O–H groups in total. The highest BCUT2D eigenvalue weighted by molar-refractivity contribution is 6.13. The van der Waals surface area contributed by atoms with E-state index < -0.39 is 0 Å². The Bertz CT molecular complexity index is 3660. The fourth-order valence-electron chi connectivity index (χ4n) is 8.91. The van der Waals surface area contributed by atoms with Crippen LogP contribution in [0.15, 0.2) is 229 Å². The summed E-state index contributed by atoms with van der Waals surface area (Å²) in [5, 5.41) is 6.90. The predicted octanol–water partition coefficient (Wildman–Crippen LogP) is 15.7. The third kappa shape index (κ3) is 6.71. The molecule has 0 amide bonds. The van der Waals surface area contributed by atoms with Crippen molar-refractivity contribution in [3.05, 3.63) is 224 Å². The van der Waals surface area contributed by atoms with E-state index in [-0.39, 0.29) is 0 Å². The van der Waals surface area contributed by atoms with Crippen LogP contribution >= 0.6 is 0 Å². The first-order valence-electron chi connectivity index (χ1n) is 21.2. The molecule has 4 nitrogen and oxygen atoms in total. The van der Waals surface area contributed by atoms with E-state index in [1.165, 1.54) is 27.5 Å². The zero-order valence-corrected chi connectivity index (χ0v) is 34.1. The zero-order chi connectivity index (χ0) is 41.7. The fourth-order valence-corrected chi connectivity index (χ4v) is 8.91. The summed E-state index contributed by atoms with van der Waals surface area (Å²) in [5.41, 5.74) is 13.7. The molecular formula is C59H37N3O. The van der Waals surface area contributed by atoms with Crippen LogP contribution in [0.25, 0.3) is 122 Å². The first kappa shape index (κ1) is 36.4. The maximum absolute atomic E-state index is 6.55. The van der Waals surface area contributed by atoms with Crippen LogP contribution in [-0.4, -0.2) is 15.0 Å². The summed E-state index contributed by atoms with van der Waals surface area (Å²) in [4.78, 5) is 15.4. The molecule has 4 heteroatoms. The summed E-state index contributed by atoms with van der Waals surface area (Å²) >= 11 is 0. The van der Waals surface area contributed by atoms with Crippen molar-refractivity contribution in [3.8, 4) is 78.7 Å². The van der Waals surface area contributed by atoms with Crippen molar-refractivity contribution < 1.29 is 4.42 Å². The lowest BCUT2D eigenvalue weighted by Gasteiger charge is -2.11. The fraction of sp³-hybridized carbons (Fsp3) is 0. The van der Waals surface area contributed by atoms with Crippen LogP contribution in [0, 0.1) is 0 Å². The Hall–Kier alpha value is -8.47. The molecule has 0 radical (unpaired) electrons. The second kappa shape index (κ2) is 15.2. The Morgan fingerprint density at radius 2 is 0.762 bits per heavy atom. The lowest BCUT2D eigenvalue weighted by Crippen LogP contribution is -2.00. The lowest BCUT2D eigenvalue weighted by molar-refractivity contribution is 0.669. The SMILES string of the molecule is c1ccc(-c2cccc(-c3cccc4oc5cc(-c6ccc(-c7nc(-c8ccc(-c9ccc%10ccccc%10c9)cc8)nc(-c8cccc9ccccc89)n7)cc6)ccc5c34)c2)cc1. The van der Waals surface area contributed by atoms with Gasteiger partial charge in [0.15, 0.2) is 17.5 Å². The quantitative estimate of drug-likeness (QED) is 0.161. The van der Waals surface area contributed by atoms with Gasteiger partial charge in [-0.2, -0.15) is 0 Å². The molecule has 0 unspecified atom stereocenters. The summed E-state index contributed by atoms with van der Waals surface area (Å²) in [6, 6.07) is 78.8. The monoisotopic (exact) mass is 803 g/mol. The molecule has 0 atom stereocenters. The first-order valence-corrected chi connectivity index (χ1v) is 21.2. The minimum atomic E-state index is 0.615. The molecule has 63 heavy (non-hydrogen) atoms. The second-order valence-corrected chi connectivity index (χ2v) is 16.0. The highest BCUT2D eigenvalue weighted by Crippen LogP contribution is 2.40. The average molecular weight is 804 g/mol. The van der Waals surface area contributed by atoms with Crippen molar-refractivity contribution in [1.82, 2.24) is 15.0 Å². The van der Waals surface area contributed by atoms with Crippen molar-refractivity contribution in [1.29, 1.82) is 0 Å². The van der Waals surface area contributed by atoms with Crippen molar-refractivity contribution in [3.63, 3.8) is 0 Å². The van der Waals surface area contributed by atoms with Crippen LogP contribution in [0.4, 0.5) is 0 Å². The largest absolute Gasteiger partial charge is 0.456 e. The Balaban J connectivity index is 0.901. The number of aromatic nitrogens is 3. The topological polar surface area (TPSA) is 51.8 Å². The highest BCUT2D eigenvalue weighted by atomic mass is 16.3. The van der Waals surface area contributed by atoms with Gasteiger partial charge in [0.05, 0.1) is 0 Å². The van der Waals surface area contributed by atoms with E-state index in [0.717, 1.165) is 77.2 Å². The summed E-state index contributed by atoms with van der Waals surface area (Å²) < 4.78 is 6.55. The van der Waals surface area contributed by atoms with E-state index in [9.17, 15) is 0 Å². The average Bonchev–Trinajstić information content (AvgIpc) is 3.75. The number of furan rings is 1. The summed E-state index contributed by atoms with van der Waals surface area (Å²) in [6.07, 6.45) is 0. The van der Waals surface area contributed by atoms with Crippen LogP contribution in [0.1, 0.15) is 0 Å². The van der Waals surface area contributed by atoms with Crippen molar-refractivity contribution in [2.24, 2.45) is 0 Å². The van der Waals surface area contributed by atoms with Crippen LogP contribution in [0.5, 0.6) is 0 Å². The van der Waals surface area contributed by atoms with E-state index in [2.05, 4.69) is 224 Å². The van der Waals surface area contributed by atoms with E-state index in [1.807, 2.05) is 0 Å². The minimum absolute atomic E-state index is 0.615. The molecule has 0 aliphatic heterocycles. The van der Waals surface area contributed by atoms with Gasteiger partial charge in [0, 0.05) is 27.5 Å². The number of hydrogen-bond donors (Lipinski definition) is 0. The molecule has 294 valence electrons. The second-order valence-electron chi connectivity index (χ2n) is 16.0. The van der Waals surface area contributed by atoms with Gasteiger partial charge >= 0.3 is 0 Å². The summed E-state index contributed by atoms with van der Waals surface area (Å²) in [5.74, 6) is 1.87. The van der Waals surface area contributed by atoms with E-state index in [0.29, 0.717) is 17.5 Å². The molecular weight excluding hydrogens is 767 g/mol. The van der Waals surface area contributed by atoms with Crippen molar-refractivity contribution in [2.75, 3.05) is 0 Å². The van der Waals surface area contributed by atoms with Crippen LogP contribution in [-0.2, 0) is 0 Å². The Kier molecular flexibility index (Phi) is 8.79. The van der Waals surface area contributed by atoms with Gasteiger partial charge in [0.2, 0.25) is 0 Å². The number of nitrogens with zero attached hydrogens (tertiary/aromatic N) is 3. The van der Waals surface area contributed by atoms with Crippen molar-refractivity contribution in [2.45, 2.75) is 0 Å². The lowest BCUT2D eigenvalue weighted by atomic mass is 9.95. The minimum Gasteiger partial charge on any atom is -0.456 e. The van der Waals surface area contributed by atoms with Gasteiger partial charge in [-0.05, 0) is 96.4 Å². The molecule has 12 rings (SSSR count). The summed E-state index contributed by atoms with van der Waals surface area (Å²) in [7, 11) is 0. The smallest absolute Gasteiger partial charge is 0.164 e. The molecule has 0 bridgehead atoms. The number of fused-ring (bicyclic) bond motifs is 5. The predicted molar refractivity (Wildman–Crippen MR) is 260 cm³/mol. The molecule has 2 aromatic heterocycles. The third-order valence-electron chi connectivity index (χ3n) is 12.1. The maximum atomic E-state index is 6.55. The molecule has 0 saturated carbocycles. The van der Waals surface area contributed by atoms with Gasteiger partial charge in [-0.1, -0.05) is 194 Å². The number of benzene rings is 10. The number of hydrogen-bond acceptors (Lipinski definition) is 4. The van der Waals surface area contributed by atoms with Gasteiger partial charge in [-0.15, -0.1) is 0 Å². The molecule has 0 fully saturated rings. The van der Waals surface area contributed by atoms with Gasteiger partial charge < -0.3 is 4.42 Å². The van der Waals surface area contributed by atoms with Crippen LogP contribution < -0.4 is 0 Å². The third-order valence-corrected chi connectivity index (χ3v) is 12.1. The number of rotatable bonds is 7. The molecule has 0 aliphatic rings. The Labute approximate surface area is 364 Å². The van der Waals surface area contributed by atoms with Crippen LogP contribution in [0.2, 0.25) is 0 Å². The normalized spacial score (nSPS) is 11.5. The van der Waals surface area contributed by atoms with Gasteiger partial charge in [0.25, 0.3) is 0 Å². The highest BCUT2D eigenvalue weighted by Gasteiger charge is 2.17. The van der Waals surface area contributed by atoms with Crippen molar-refractivity contribution >= 4 is 43.5 Å². The van der Waals surface area contributed by atoms with Gasteiger partial charge in [-0.3, -0.25) is 0 Å². The molecule has 0 spiro atoms. The molecule has 2 heterocycles. The standard InChI is InChI=1S/C59H37N3O/c1-2-11-38(12-3-1)46-17-8-18-49(36-46)51-20-10-22-54-56(51)53-34-33-48(37-55(53)63-54)41-25-30-44(31-26-41)58-60-57(61-59(62-58)52-21-9-16-42-14-6-7-19-50(42)52)43-28-23-40(24-29-43)47-32-27-39-13-4-5-15-45(39)35-47/h1-37H. The van der Waals surface area contributed by atoms with Gasteiger partial charge in [-0.25, -0.2) is 15.0 Å². The maximum Gasteiger partial charge on any atom is 0.164 e. The Morgan fingerprint density at radius 1 is 0.254 bits per heavy atom. The molecule has 10 aromatic carbocycles. The molecule has 0 saturated heterocycles. The van der Waals surface area contributed by atoms with Crippen LogP contribution in [0.3, 0.4) is 0 Å². The zero-order valence-electron chi connectivity index (χ0n) is 34.1. The van der Waals surface area contributed by atoms with E-state index in [1.54, 1.807) is 0 Å². The first-order chi connectivity index (χ1) is 31.2. The summed E-state index contributed by atoms with van der Waals surface area (Å²) in [6.45, 7) is 0. The van der Waals surface area contributed by atoms with Gasteiger partial charge in [0.1, 0.15) is 11.2 Å². The Morgan fingerprint density at radius 3 is 1.54 bits per heavy atom. The van der Waals surface area contributed by atoms with E-state index >= 15 is 0 Å². The molecule has 12 aromatic rings.